The highest BCUT2D eigenvalue weighted by molar-refractivity contribution is 7.98. The first-order valence-electron chi connectivity index (χ1n) is 11.1. The molecule has 7 nitrogen and oxygen atoms in total. The van der Waals surface area contributed by atoms with Crippen LogP contribution in [0.25, 0.3) is 11.0 Å². The van der Waals surface area contributed by atoms with Gasteiger partial charge in [0.05, 0.1) is 23.5 Å². The Hall–Kier alpha value is -2.32. The summed E-state index contributed by atoms with van der Waals surface area (Å²) in [6.07, 6.45) is 8.61. The summed E-state index contributed by atoms with van der Waals surface area (Å²) < 4.78 is 1.84. The zero-order valence-electron chi connectivity index (χ0n) is 18.5. The molecule has 0 atom stereocenters. The number of hydrogen-bond acceptors (Lipinski definition) is 6. The topological polar surface area (TPSA) is 84.7 Å². The number of halogens is 1. The highest BCUT2D eigenvalue weighted by Crippen LogP contribution is 2.41. The number of carbonyl (C=O) groups is 1. The average Bonchev–Trinajstić information content (AvgIpc) is 3.46. The predicted molar refractivity (Wildman–Crippen MR) is 130 cm³/mol. The molecule has 1 aliphatic carbocycles. The molecule has 1 aliphatic rings. The summed E-state index contributed by atoms with van der Waals surface area (Å²) in [6, 6.07) is 7.71. The van der Waals surface area contributed by atoms with Gasteiger partial charge in [0.2, 0.25) is 5.91 Å². The zero-order chi connectivity index (χ0) is 22.6. The quantitative estimate of drug-likeness (QED) is 0.348. The van der Waals surface area contributed by atoms with E-state index in [0.29, 0.717) is 23.3 Å². The van der Waals surface area contributed by atoms with Crippen LogP contribution in [0.3, 0.4) is 0 Å². The molecule has 32 heavy (non-hydrogen) atoms. The van der Waals surface area contributed by atoms with Crippen molar-refractivity contribution >= 4 is 46.1 Å². The first-order valence-corrected chi connectivity index (χ1v) is 12.7. The van der Waals surface area contributed by atoms with Crippen molar-refractivity contribution in [1.29, 1.82) is 0 Å². The van der Waals surface area contributed by atoms with Crippen LogP contribution in [-0.4, -0.2) is 45.0 Å². The number of rotatable bonds is 9. The molecule has 0 spiro atoms. The van der Waals surface area contributed by atoms with Gasteiger partial charge in [0.1, 0.15) is 5.82 Å². The van der Waals surface area contributed by atoms with Crippen LogP contribution in [0.5, 0.6) is 0 Å². The monoisotopic (exact) mass is 472 g/mol. The normalized spacial score (nSPS) is 15.2. The van der Waals surface area contributed by atoms with Crippen molar-refractivity contribution in [2.45, 2.75) is 56.1 Å². The summed E-state index contributed by atoms with van der Waals surface area (Å²) in [4.78, 5) is 22.5. The van der Waals surface area contributed by atoms with Gasteiger partial charge in [0.25, 0.3) is 0 Å². The van der Waals surface area contributed by atoms with E-state index in [1.54, 1.807) is 6.20 Å². The van der Waals surface area contributed by atoms with Crippen molar-refractivity contribution in [3.63, 3.8) is 0 Å². The van der Waals surface area contributed by atoms with Gasteiger partial charge in [-0.25, -0.2) is 14.6 Å². The van der Waals surface area contributed by atoms with Crippen LogP contribution in [0.1, 0.15) is 44.6 Å². The summed E-state index contributed by atoms with van der Waals surface area (Å²) in [5.74, 6) is 0.891. The number of benzene rings is 1. The maximum absolute atomic E-state index is 13.3. The number of aromatic nitrogens is 4. The highest BCUT2D eigenvalue weighted by Gasteiger charge is 2.42. The molecule has 2 aromatic heterocycles. The number of thioether (sulfide) groups is 1. The molecule has 1 fully saturated rings. The van der Waals surface area contributed by atoms with E-state index in [1.165, 1.54) is 11.8 Å². The first-order chi connectivity index (χ1) is 15.6. The Kier molecular flexibility index (Phi) is 7.20. The van der Waals surface area contributed by atoms with Crippen molar-refractivity contribution in [3.8, 4) is 0 Å². The molecule has 4 rings (SSSR count). The fourth-order valence-electron chi connectivity index (χ4n) is 4.41. The number of carbonyl (C=O) groups excluding carboxylic acids is 1. The van der Waals surface area contributed by atoms with Crippen molar-refractivity contribution in [2.75, 3.05) is 24.7 Å². The second-order valence-corrected chi connectivity index (χ2v) is 9.35. The maximum Gasteiger partial charge on any atom is 0.230 e. The van der Waals surface area contributed by atoms with Gasteiger partial charge in [-0.05, 0) is 43.2 Å². The smallest absolute Gasteiger partial charge is 0.230 e. The minimum atomic E-state index is -0.470. The van der Waals surface area contributed by atoms with Crippen molar-refractivity contribution in [2.24, 2.45) is 0 Å². The summed E-state index contributed by atoms with van der Waals surface area (Å²) >= 11 is 7.57. The standard InChI is InChI=1S/C23H29ClN6OS/c1-3-12-25-19-18-15-27-30(20(18)29-22(28-19)32-2)14-13-26-21(31)23(10-4-5-11-23)16-6-8-17(24)9-7-16/h6-9,15H,3-5,10-14H2,1-2H3,(H,26,31)(H,25,28,29). The van der Waals surface area contributed by atoms with E-state index in [-0.39, 0.29) is 5.91 Å². The van der Waals surface area contributed by atoms with Gasteiger partial charge in [0, 0.05) is 18.1 Å². The summed E-state index contributed by atoms with van der Waals surface area (Å²) in [6.45, 7) is 3.99. The van der Waals surface area contributed by atoms with E-state index in [4.69, 9.17) is 11.6 Å². The molecule has 0 unspecified atom stereocenters. The third-order valence-electron chi connectivity index (χ3n) is 6.10. The van der Waals surface area contributed by atoms with Gasteiger partial charge >= 0.3 is 0 Å². The van der Waals surface area contributed by atoms with E-state index in [0.717, 1.165) is 61.1 Å². The Morgan fingerprint density at radius 2 is 1.94 bits per heavy atom. The number of nitrogens with one attached hydrogen (secondary N) is 2. The van der Waals surface area contributed by atoms with Crippen LogP contribution in [0.4, 0.5) is 5.82 Å². The number of nitrogens with zero attached hydrogens (tertiary/aromatic N) is 4. The lowest BCUT2D eigenvalue weighted by Crippen LogP contribution is -2.43. The molecule has 1 amide bonds. The van der Waals surface area contributed by atoms with Crippen LogP contribution in [-0.2, 0) is 16.8 Å². The molecular formula is C23H29ClN6OS. The molecule has 170 valence electrons. The Morgan fingerprint density at radius 3 is 2.62 bits per heavy atom. The number of fused-ring (bicyclic) bond motifs is 1. The minimum absolute atomic E-state index is 0.0820. The molecule has 2 N–H and O–H groups in total. The number of amides is 1. The van der Waals surface area contributed by atoms with E-state index < -0.39 is 5.41 Å². The molecule has 2 heterocycles. The second-order valence-electron chi connectivity index (χ2n) is 8.14. The molecule has 0 radical (unpaired) electrons. The lowest BCUT2D eigenvalue weighted by molar-refractivity contribution is -0.126. The van der Waals surface area contributed by atoms with Gasteiger partial charge in [-0.2, -0.15) is 5.10 Å². The molecule has 1 saturated carbocycles. The lowest BCUT2D eigenvalue weighted by atomic mass is 9.78. The molecule has 0 bridgehead atoms. The Bertz CT molecular complexity index is 1080. The predicted octanol–water partition coefficient (Wildman–Crippen LogP) is 4.65. The molecule has 1 aromatic carbocycles. The van der Waals surface area contributed by atoms with Crippen molar-refractivity contribution in [1.82, 2.24) is 25.1 Å². The number of hydrogen-bond donors (Lipinski definition) is 2. The Labute approximate surface area is 197 Å². The fourth-order valence-corrected chi connectivity index (χ4v) is 4.89. The van der Waals surface area contributed by atoms with Gasteiger partial charge in [-0.3, -0.25) is 4.79 Å². The highest BCUT2D eigenvalue weighted by atomic mass is 35.5. The minimum Gasteiger partial charge on any atom is -0.369 e. The lowest BCUT2D eigenvalue weighted by Gasteiger charge is -2.28. The van der Waals surface area contributed by atoms with Gasteiger partial charge in [-0.1, -0.05) is 55.3 Å². The molecule has 9 heteroatoms. The second kappa shape index (κ2) is 10.1. The molecular weight excluding hydrogens is 444 g/mol. The fraction of sp³-hybridized carbons (Fsp3) is 0.478. The third kappa shape index (κ3) is 4.57. The van der Waals surface area contributed by atoms with E-state index in [1.807, 2.05) is 35.2 Å². The Morgan fingerprint density at radius 1 is 1.19 bits per heavy atom. The summed E-state index contributed by atoms with van der Waals surface area (Å²) in [5.41, 5.74) is 1.36. The zero-order valence-corrected chi connectivity index (χ0v) is 20.1. The third-order valence-corrected chi connectivity index (χ3v) is 6.90. The summed E-state index contributed by atoms with van der Waals surface area (Å²) in [7, 11) is 0. The van der Waals surface area contributed by atoms with E-state index in [2.05, 4.69) is 32.6 Å². The molecule has 0 aliphatic heterocycles. The van der Waals surface area contributed by atoms with Gasteiger partial charge in [-0.15, -0.1) is 0 Å². The van der Waals surface area contributed by atoms with Crippen molar-refractivity contribution in [3.05, 3.63) is 41.0 Å². The van der Waals surface area contributed by atoms with Crippen molar-refractivity contribution < 1.29 is 4.79 Å². The van der Waals surface area contributed by atoms with Crippen LogP contribution in [0.2, 0.25) is 5.02 Å². The average molecular weight is 473 g/mol. The van der Waals surface area contributed by atoms with Gasteiger partial charge < -0.3 is 10.6 Å². The molecule has 3 aromatic rings. The maximum atomic E-state index is 13.3. The van der Waals surface area contributed by atoms with Crippen LogP contribution in [0.15, 0.2) is 35.6 Å². The van der Waals surface area contributed by atoms with Crippen LogP contribution >= 0.6 is 23.4 Å². The van der Waals surface area contributed by atoms with E-state index >= 15 is 0 Å². The van der Waals surface area contributed by atoms with Crippen LogP contribution in [0, 0.1) is 0 Å². The number of anilines is 1. The first kappa shape index (κ1) is 22.9. The largest absolute Gasteiger partial charge is 0.369 e. The Balaban J connectivity index is 1.49. The van der Waals surface area contributed by atoms with Gasteiger partial charge in [0.15, 0.2) is 10.8 Å². The SMILES string of the molecule is CCCNc1nc(SC)nc2c1cnn2CCNC(=O)C1(c2ccc(Cl)cc2)CCCC1. The molecule has 0 saturated heterocycles. The van der Waals surface area contributed by atoms with E-state index in [9.17, 15) is 4.79 Å². The summed E-state index contributed by atoms with van der Waals surface area (Å²) in [5, 5.41) is 13.3. The van der Waals surface area contributed by atoms with Crippen LogP contribution < -0.4 is 10.6 Å².